The lowest BCUT2D eigenvalue weighted by molar-refractivity contribution is -0.113. The summed E-state index contributed by atoms with van der Waals surface area (Å²) in [5.41, 5.74) is 3.82. The van der Waals surface area contributed by atoms with Crippen LogP contribution in [0, 0.1) is 5.82 Å². The molecule has 3 aromatic carbocycles. The van der Waals surface area contributed by atoms with Gasteiger partial charge in [-0.1, -0.05) is 72.4 Å². The van der Waals surface area contributed by atoms with Gasteiger partial charge in [0.2, 0.25) is 5.91 Å². The van der Waals surface area contributed by atoms with E-state index >= 15 is 0 Å². The Hall–Kier alpha value is -4.04. The quantitative estimate of drug-likeness (QED) is 0.285. The van der Waals surface area contributed by atoms with E-state index in [0.29, 0.717) is 17.5 Å². The molecule has 0 saturated heterocycles. The van der Waals surface area contributed by atoms with Gasteiger partial charge < -0.3 is 9.88 Å². The maximum atomic E-state index is 13.9. The van der Waals surface area contributed by atoms with E-state index in [2.05, 4.69) is 15.5 Å². The number of benzene rings is 3. The van der Waals surface area contributed by atoms with Gasteiger partial charge in [-0.3, -0.25) is 4.79 Å². The average molecular weight is 484 g/mol. The summed E-state index contributed by atoms with van der Waals surface area (Å²) < 4.78 is 15.8. The summed E-state index contributed by atoms with van der Waals surface area (Å²) >= 11 is 1.27. The highest BCUT2D eigenvalue weighted by Crippen LogP contribution is 2.33. The molecular formula is C27H22FN5OS. The van der Waals surface area contributed by atoms with Crippen LogP contribution in [0.1, 0.15) is 6.92 Å². The Morgan fingerprint density at radius 3 is 2.51 bits per heavy atom. The summed E-state index contributed by atoms with van der Waals surface area (Å²) in [6.07, 6.45) is 0. The SMILES string of the molecule is CCn1c(SCC(=O)Nc2ccccc2F)nnc1-c1cc(-c2ccccc2)nc2ccccc12. The first kappa shape index (κ1) is 22.7. The second kappa shape index (κ2) is 10.1. The second-order valence-corrected chi connectivity index (χ2v) is 8.75. The minimum atomic E-state index is -0.469. The number of nitrogens with one attached hydrogen (secondary N) is 1. The third kappa shape index (κ3) is 4.79. The van der Waals surface area contributed by atoms with Crippen molar-refractivity contribution < 1.29 is 9.18 Å². The van der Waals surface area contributed by atoms with Crippen LogP contribution in [0.3, 0.4) is 0 Å². The number of pyridine rings is 1. The first-order valence-corrected chi connectivity index (χ1v) is 12.2. The van der Waals surface area contributed by atoms with Gasteiger partial charge in [-0.15, -0.1) is 10.2 Å². The third-order valence-electron chi connectivity index (χ3n) is 5.54. The van der Waals surface area contributed by atoms with E-state index in [-0.39, 0.29) is 17.3 Å². The molecule has 0 bridgehead atoms. The molecule has 5 aromatic rings. The maximum absolute atomic E-state index is 13.9. The summed E-state index contributed by atoms with van der Waals surface area (Å²) in [5.74, 6) is 0.00992. The number of amides is 1. The Kier molecular flexibility index (Phi) is 6.54. The van der Waals surface area contributed by atoms with Gasteiger partial charge in [0.1, 0.15) is 5.82 Å². The monoisotopic (exact) mass is 483 g/mol. The first-order chi connectivity index (χ1) is 17.1. The molecule has 0 aliphatic carbocycles. The molecule has 0 radical (unpaired) electrons. The highest BCUT2D eigenvalue weighted by Gasteiger charge is 2.18. The van der Waals surface area contributed by atoms with E-state index in [4.69, 9.17) is 4.98 Å². The van der Waals surface area contributed by atoms with Gasteiger partial charge in [0.15, 0.2) is 11.0 Å². The number of aromatic nitrogens is 4. The fraction of sp³-hybridized carbons (Fsp3) is 0.111. The van der Waals surface area contributed by atoms with Crippen molar-refractivity contribution in [1.82, 2.24) is 19.7 Å². The van der Waals surface area contributed by atoms with Gasteiger partial charge >= 0.3 is 0 Å². The van der Waals surface area contributed by atoms with E-state index in [0.717, 1.165) is 27.7 Å². The van der Waals surface area contributed by atoms with E-state index < -0.39 is 5.82 Å². The van der Waals surface area contributed by atoms with Gasteiger partial charge in [-0.25, -0.2) is 9.37 Å². The molecule has 0 spiro atoms. The number of rotatable bonds is 7. The second-order valence-electron chi connectivity index (χ2n) is 7.81. The lowest BCUT2D eigenvalue weighted by atomic mass is 10.0. The zero-order chi connectivity index (χ0) is 24.2. The van der Waals surface area contributed by atoms with Crippen LogP contribution < -0.4 is 5.32 Å². The van der Waals surface area contributed by atoms with E-state index in [1.807, 2.05) is 72.2 Å². The molecule has 0 saturated carbocycles. The number of carbonyl (C=O) groups is 1. The Labute approximate surface area is 206 Å². The molecule has 0 aliphatic rings. The fourth-order valence-corrected chi connectivity index (χ4v) is 4.68. The number of para-hydroxylation sites is 2. The predicted molar refractivity (Wildman–Crippen MR) is 138 cm³/mol. The summed E-state index contributed by atoms with van der Waals surface area (Å²) in [4.78, 5) is 17.3. The summed E-state index contributed by atoms with van der Waals surface area (Å²) in [7, 11) is 0. The van der Waals surface area contributed by atoms with Crippen LogP contribution in [-0.2, 0) is 11.3 Å². The van der Waals surface area contributed by atoms with Crippen molar-refractivity contribution in [2.75, 3.05) is 11.1 Å². The van der Waals surface area contributed by atoms with Crippen LogP contribution in [0.5, 0.6) is 0 Å². The number of thioether (sulfide) groups is 1. The molecule has 1 N–H and O–H groups in total. The highest BCUT2D eigenvalue weighted by molar-refractivity contribution is 7.99. The number of anilines is 1. The number of hydrogen-bond donors (Lipinski definition) is 1. The Morgan fingerprint density at radius 1 is 0.971 bits per heavy atom. The maximum Gasteiger partial charge on any atom is 0.234 e. The molecule has 8 heteroatoms. The average Bonchev–Trinajstić information content (AvgIpc) is 3.31. The molecule has 174 valence electrons. The number of fused-ring (bicyclic) bond motifs is 1. The van der Waals surface area contributed by atoms with Gasteiger partial charge in [0, 0.05) is 23.1 Å². The zero-order valence-corrected chi connectivity index (χ0v) is 19.8. The molecule has 1 amide bonds. The molecular weight excluding hydrogens is 461 g/mol. The minimum absolute atomic E-state index is 0.0822. The number of carbonyl (C=O) groups excluding carboxylic acids is 1. The topological polar surface area (TPSA) is 72.7 Å². The van der Waals surface area contributed by atoms with Crippen LogP contribution in [0.4, 0.5) is 10.1 Å². The van der Waals surface area contributed by atoms with Crippen molar-refractivity contribution in [2.45, 2.75) is 18.6 Å². The molecule has 0 atom stereocenters. The van der Waals surface area contributed by atoms with Crippen molar-refractivity contribution in [3.8, 4) is 22.6 Å². The molecule has 0 fully saturated rings. The Morgan fingerprint density at radius 2 is 1.71 bits per heavy atom. The Balaban J connectivity index is 1.46. The van der Waals surface area contributed by atoms with Crippen molar-refractivity contribution in [3.05, 3.63) is 90.7 Å². The lowest BCUT2D eigenvalue weighted by Gasteiger charge is -2.12. The summed E-state index contributed by atoms with van der Waals surface area (Å²) in [6, 6.07) is 26.1. The molecule has 35 heavy (non-hydrogen) atoms. The largest absolute Gasteiger partial charge is 0.323 e. The van der Waals surface area contributed by atoms with Gasteiger partial charge in [-0.05, 0) is 31.2 Å². The molecule has 6 nitrogen and oxygen atoms in total. The van der Waals surface area contributed by atoms with Crippen LogP contribution in [0.15, 0.2) is 90.1 Å². The predicted octanol–water partition coefficient (Wildman–Crippen LogP) is 6.05. The van der Waals surface area contributed by atoms with Crippen molar-refractivity contribution in [2.24, 2.45) is 0 Å². The highest BCUT2D eigenvalue weighted by atomic mass is 32.2. The third-order valence-corrected chi connectivity index (χ3v) is 6.51. The zero-order valence-electron chi connectivity index (χ0n) is 19.0. The molecule has 0 aliphatic heterocycles. The fourth-order valence-electron chi connectivity index (χ4n) is 3.88. The number of nitrogens with zero attached hydrogens (tertiary/aromatic N) is 4. The molecule has 0 unspecified atom stereocenters. The van der Waals surface area contributed by atoms with Crippen LogP contribution in [-0.4, -0.2) is 31.4 Å². The number of hydrogen-bond acceptors (Lipinski definition) is 5. The normalized spacial score (nSPS) is 11.0. The van der Waals surface area contributed by atoms with E-state index in [1.165, 1.54) is 23.9 Å². The van der Waals surface area contributed by atoms with Crippen LogP contribution >= 0.6 is 11.8 Å². The van der Waals surface area contributed by atoms with Gasteiger partial charge in [-0.2, -0.15) is 0 Å². The first-order valence-electron chi connectivity index (χ1n) is 11.2. The van der Waals surface area contributed by atoms with E-state index in [9.17, 15) is 9.18 Å². The molecule has 2 aromatic heterocycles. The lowest BCUT2D eigenvalue weighted by Crippen LogP contribution is -2.15. The van der Waals surface area contributed by atoms with Crippen molar-refractivity contribution >= 4 is 34.3 Å². The van der Waals surface area contributed by atoms with Crippen molar-refractivity contribution in [3.63, 3.8) is 0 Å². The smallest absolute Gasteiger partial charge is 0.234 e. The number of halogens is 1. The van der Waals surface area contributed by atoms with Gasteiger partial charge in [0.05, 0.1) is 22.7 Å². The van der Waals surface area contributed by atoms with E-state index in [1.54, 1.807) is 12.1 Å². The van der Waals surface area contributed by atoms with Crippen molar-refractivity contribution in [1.29, 1.82) is 0 Å². The summed E-state index contributed by atoms with van der Waals surface area (Å²) in [6.45, 7) is 2.63. The molecule has 2 heterocycles. The Bertz CT molecular complexity index is 1500. The molecule has 5 rings (SSSR count). The van der Waals surface area contributed by atoms with Crippen LogP contribution in [0.25, 0.3) is 33.5 Å². The minimum Gasteiger partial charge on any atom is -0.323 e. The standard InChI is InChI=1S/C27H22FN5OS/c1-2-33-26(31-32-27(33)35-17-25(34)30-23-15-9-7-13-21(23)28)20-16-24(18-10-4-3-5-11-18)29-22-14-8-6-12-19(20)22/h3-16H,2,17H2,1H3,(H,30,34). The van der Waals surface area contributed by atoms with Crippen LogP contribution in [0.2, 0.25) is 0 Å². The summed E-state index contributed by atoms with van der Waals surface area (Å²) in [5, 5.41) is 13.1. The van der Waals surface area contributed by atoms with Gasteiger partial charge in [0.25, 0.3) is 0 Å².